The smallest absolute Gasteiger partial charge is 0.271 e. The van der Waals surface area contributed by atoms with E-state index in [1.165, 1.54) is 6.20 Å². The first-order chi connectivity index (χ1) is 12.1. The minimum Gasteiger partial charge on any atom is -0.441 e. The molecule has 0 aliphatic heterocycles. The molecule has 3 aromatic rings. The average Bonchev–Trinajstić information content (AvgIpc) is 3.01. The van der Waals surface area contributed by atoms with Gasteiger partial charge in [0.25, 0.3) is 5.91 Å². The number of aryl methyl sites for hydroxylation is 1. The number of pyridine rings is 1. The van der Waals surface area contributed by atoms with Gasteiger partial charge in [0.2, 0.25) is 11.8 Å². The molecule has 2 amide bonds. The molecule has 25 heavy (non-hydrogen) atoms. The van der Waals surface area contributed by atoms with Crippen molar-refractivity contribution in [3.8, 4) is 11.5 Å². The maximum absolute atomic E-state index is 12.0. The molecule has 0 saturated heterocycles. The first kappa shape index (κ1) is 16.4. The quantitative estimate of drug-likeness (QED) is 0.711. The van der Waals surface area contributed by atoms with Gasteiger partial charge in [-0.15, -0.1) is 0 Å². The van der Waals surface area contributed by atoms with Crippen LogP contribution in [0.1, 0.15) is 21.8 Å². The van der Waals surface area contributed by atoms with E-state index in [0.717, 1.165) is 5.56 Å². The number of nitrogens with zero attached hydrogens (tertiary/aromatic N) is 2. The lowest BCUT2D eigenvalue weighted by Gasteiger charge is -2.06. The topological polar surface area (TPSA) is 97.1 Å². The SMILES string of the molecule is Cc1oc(-c2ccccc2)nc1CC(=O)NNC(=O)c1cccnc1. The van der Waals surface area contributed by atoms with Crippen LogP contribution in [-0.4, -0.2) is 21.8 Å². The van der Waals surface area contributed by atoms with Gasteiger partial charge in [-0.05, 0) is 31.2 Å². The lowest BCUT2D eigenvalue weighted by atomic mass is 10.2. The van der Waals surface area contributed by atoms with Crippen LogP contribution in [0.15, 0.2) is 59.3 Å². The van der Waals surface area contributed by atoms with E-state index in [2.05, 4.69) is 20.8 Å². The van der Waals surface area contributed by atoms with Crippen molar-refractivity contribution in [1.82, 2.24) is 20.8 Å². The molecular weight excluding hydrogens is 320 g/mol. The normalized spacial score (nSPS) is 10.3. The third-order valence-corrected chi connectivity index (χ3v) is 3.48. The number of amides is 2. The number of hydrogen-bond donors (Lipinski definition) is 2. The molecule has 0 fully saturated rings. The van der Waals surface area contributed by atoms with Crippen LogP contribution in [0.3, 0.4) is 0 Å². The number of aromatic nitrogens is 2. The minimum absolute atomic E-state index is 0.00448. The Morgan fingerprint density at radius 3 is 2.60 bits per heavy atom. The van der Waals surface area contributed by atoms with Crippen molar-refractivity contribution in [1.29, 1.82) is 0 Å². The van der Waals surface area contributed by atoms with Crippen molar-refractivity contribution >= 4 is 11.8 Å². The molecule has 7 nitrogen and oxygen atoms in total. The molecule has 0 aliphatic rings. The summed E-state index contributed by atoms with van der Waals surface area (Å²) in [7, 11) is 0. The summed E-state index contributed by atoms with van der Waals surface area (Å²) in [6.45, 7) is 1.75. The van der Waals surface area contributed by atoms with Crippen molar-refractivity contribution in [3.05, 3.63) is 71.9 Å². The van der Waals surface area contributed by atoms with Crippen molar-refractivity contribution in [3.63, 3.8) is 0 Å². The Labute approximate surface area is 144 Å². The van der Waals surface area contributed by atoms with Gasteiger partial charge in [-0.2, -0.15) is 0 Å². The predicted molar refractivity (Wildman–Crippen MR) is 90.2 cm³/mol. The fourth-order valence-corrected chi connectivity index (χ4v) is 2.19. The van der Waals surface area contributed by atoms with Gasteiger partial charge >= 0.3 is 0 Å². The van der Waals surface area contributed by atoms with Crippen LogP contribution in [-0.2, 0) is 11.2 Å². The second-order valence-corrected chi connectivity index (χ2v) is 5.31. The molecular formula is C18H16N4O3. The highest BCUT2D eigenvalue weighted by Gasteiger charge is 2.15. The number of rotatable bonds is 4. The van der Waals surface area contributed by atoms with Crippen molar-refractivity contribution in [2.75, 3.05) is 0 Å². The van der Waals surface area contributed by atoms with E-state index >= 15 is 0 Å². The second-order valence-electron chi connectivity index (χ2n) is 5.31. The molecule has 0 bridgehead atoms. The van der Waals surface area contributed by atoms with Crippen LogP contribution in [0, 0.1) is 6.92 Å². The van der Waals surface area contributed by atoms with E-state index in [1.54, 1.807) is 25.3 Å². The van der Waals surface area contributed by atoms with Crippen LogP contribution in [0.5, 0.6) is 0 Å². The van der Waals surface area contributed by atoms with E-state index in [1.807, 2.05) is 30.3 Å². The zero-order valence-electron chi connectivity index (χ0n) is 13.5. The number of carbonyl (C=O) groups excluding carboxylic acids is 2. The van der Waals surface area contributed by atoms with Crippen molar-refractivity contribution < 1.29 is 14.0 Å². The molecule has 2 aromatic heterocycles. The van der Waals surface area contributed by atoms with Gasteiger partial charge in [-0.1, -0.05) is 18.2 Å². The van der Waals surface area contributed by atoms with Gasteiger partial charge in [-0.3, -0.25) is 25.4 Å². The maximum Gasteiger partial charge on any atom is 0.271 e. The van der Waals surface area contributed by atoms with E-state index in [4.69, 9.17) is 4.42 Å². The summed E-state index contributed by atoms with van der Waals surface area (Å²) in [5.74, 6) is 0.185. The number of nitrogens with one attached hydrogen (secondary N) is 2. The molecule has 0 saturated carbocycles. The molecule has 1 aromatic carbocycles. The highest BCUT2D eigenvalue weighted by molar-refractivity contribution is 5.95. The molecule has 0 atom stereocenters. The highest BCUT2D eigenvalue weighted by Crippen LogP contribution is 2.21. The van der Waals surface area contributed by atoms with Crippen LogP contribution in [0.25, 0.3) is 11.5 Å². The Morgan fingerprint density at radius 1 is 1.08 bits per heavy atom. The lowest BCUT2D eigenvalue weighted by Crippen LogP contribution is -2.42. The zero-order valence-corrected chi connectivity index (χ0v) is 13.5. The molecule has 3 rings (SSSR count). The Morgan fingerprint density at radius 2 is 1.88 bits per heavy atom. The molecule has 2 heterocycles. The van der Waals surface area contributed by atoms with Gasteiger partial charge in [0, 0.05) is 18.0 Å². The monoisotopic (exact) mass is 336 g/mol. The fraction of sp³-hybridized carbons (Fsp3) is 0.111. The van der Waals surface area contributed by atoms with Gasteiger partial charge in [0.1, 0.15) is 5.76 Å². The summed E-state index contributed by atoms with van der Waals surface area (Å²) >= 11 is 0. The Balaban J connectivity index is 1.60. The number of hydrogen-bond acceptors (Lipinski definition) is 5. The average molecular weight is 336 g/mol. The fourth-order valence-electron chi connectivity index (χ4n) is 2.19. The van der Waals surface area contributed by atoms with Crippen LogP contribution in [0.4, 0.5) is 0 Å². The van der Waals surface area contributed by atoms with Gasteiger partial charge < -0.3 is 4.42 Å². The number of hydrazine groups is 1. The summed E-state index contributed by atoms with van der Waals surface area (Å²) < 4.78 is 5.61. The van der Waals surface area contributed by atoms with Gasteiger partial charge in [0.05, 0.1) is 17.7 Å². The molecule has 2 N–H and O–H groups in total. The largest absolute Gasteiger partial charge is 0.441 e. The second kappa shape index (κ2) is 7.39. The number of carbonyl (C=O) groups is 2. The van der Waals surface area contributed by atoms with Crippen LogP contribution in [0.2, 0.25) is 0 Å². The van der Waals surface area contributed by atoms with Crippen LogP contribution < -0.4 is 10.9 Å². The molecule has 7 heteroatoms. The number of oxazole rings is 1. The van der Waals surface area contributed by atoms with E-state index in [0.29, 0.717) is 22.9 Å². The Kier molecular flexibility index (Phi) is 4.84. The summed E-state index contributed by atoms with van der Waals surface area (Å²) in [5, 5.41) is 0. The number of benzene rings is 1. The molecule has 126 valence electrons. The van der Waals surface area contributed by atoms with Gasteiger partial charge in [-0.25, -0.2) is 4.98 Å². The van der Waals surface area contributed by atoms with Crippen LogP contribution >= 0.6 is 0 Å². The first-order valence-corrected chi connectivity index (χ1v) is 7.64. The standard InChI is InChI=1S/C18H16N4O3/c1-12-15(20-18(25-12)13-6-3-2-4-7-13)10-16(23)21-22-17(24)14-8-5-9-19-11-14/h2-9,11H,10H2,1H3,(H,21,23)(H,22,24). The first-order valence-electron chi connectivity index (χ1n) is 7.64. The third kappa shape index (κ3) is 4.08. The summed E-state index contributed by atoms with van der Waals surface area (Å²) in [6.07, 6.45) is 2.97. The highest BCUT2D eigenvalue weighted by atomic mass is 16.4. The minimum atomic E-state index is -0.441. The van der Waals surface area contributed by atoms with Crippen molar-refractivity contribution in [2.45, 2.75) is 13.3 Å². The summed E-state index contributed by atoms with van der Waals surface area (Å²) in [6, 6.07) is 12.7. The zero-order chi connectivity index (χ0) is 17.6. The van der Waals surface area contributed by atoms with E-state index in [9.17, 15) is 9.59 Å². The Hall–Kier alpha value is -3.48. The molecule has 0 unspecified atom stereocenters. The lowest BCUT2D eigenvalue weighted by molar-refractivity contribution is -0.121. The molecule has 0 radical (unpaired) electrons. The summed E-state index contributed by atoms with van der Waals surface area (Å²) in [5.41, 5.74) is 6.41. The van der Waals surface area contributed by atoms with Gasteiger partial charge in [0.15, 0.2) is 0 Å². The maximum atomic E-state index is 12.0. The van der Waals surface area contributed by atoms with Crippen molar-refractivity contribution in [2.24, 2.45) is 0 Å². The van der Waals surface area contributed by atoms with E-state index < -0.39 is 11.8 Å². The molecule has 0 aliphatic carbocycles. The molecule has 0 spiro atoms. The Bertz CT molecular complexity index is 876. The van der Waals surface area contributed by atoms with E-state index in [-0.39, 0.29) is 6.42 Å². The third-order valence-electron chi connectivity index (χ3n) is 3.48. The predicted octanol–water partition coefficient (Wildman–Crippen LogP) is 2.05. The summed E-state index contributed by atoms with van der Waals surface area (Å²) in [4.78, 5) is 32.1.